The minimum absolute atomic E-state index is 0.169. The maximum absolute atomic E-state index is 11.2. The molecule has 3 rings (SSSR count). The Labute approximate surface area is 118 Å². The van der Waals surface area contributed by atoms with Gasteiger partial charge in [-0.25, -0.2) is 19.7 Å². The van der Waals surface area contributed by atoms with Crippen LogP contribution in [0.5, 0.6) is 0 Å². The molecule has 100 valence electrons. The molecule has 0 spiro atoms. The van der Waals surface area contributed by atoms with Crippen LogP contribution >= 0.6 is 11.3 Å². The van der Waals surface area contributed by atoms with E-state index in [1.54, 1.807) is 0 Å². The molecule has 0 radical (unpaired) electrons. The molecular formula is C13H10N4O2S. The number of nitrogens with one attached hydrogen (secondary N) is 1. The molecule has 0 fully saturated rings. The number of thiazole rings is 1. The highest BCUT2D eigenvalue weighted by Crippen LogP contribution is 2.27. The molecule has 0 unspecified atom stereocenters. The Kier molecular flexibility index (Phi) is 3.26. The average Bonchev–Trinajstić information content (AvgIpc) is 2.89. The number of para-hydroxylation sites is 1. The zero-order chi connectivity index (χ0) is 13.9. The molecule has 0 amide bonds. The van der Waals surface area contributed by atoms with Crippen LogP contribution in [0.3, 0.4) is 0 Å². The highest BCUT2D eigenvalue weighted by atomic mass is 32.1. The number of anilines is 2. The molecule has 20 heavy (non-hydrogen) atoms. The normalized spacial score (nSPS) is 10.4. The molecule has 0 saturated carbocycles. The van der Waals surface area contributed by atoms with Crippen molar-refractivity contribution in [3.05, 3.63) is 42.4 Å². The van der Waals surface area contributed by atoms with Crippen LogP contribution in [0.25, 0.3) is 10.2 Å². The van der Waals surface area contributed by atoms with Crippen molar-refractivity contribution in [2.75, 3.05) is 12.4 Å². The number of nitrogens with zero attached hydrogens (tertiary/aromatic N) is 3. The number of methoxy groups -OCH3 is 1. The highest BCUT2D eigenvalue weighted by molar-refractivity contribution is 7.22. The molecule has 1 N–H and O–H groups in total. The number of esters is 1. The lowest BCUT2D eigenvalue weighted by atomic mass is 10.3. The summed E-state index contributed by atoms with van der Waals surface area (Å²) in [4.78, 5) is 23.8. The zero-order valence-corrected chi connectivity index (χ0v) is 11.3. The van der Waals surface area contributed by atoms with E-state index in [-0.39, 0.29) is 5.69 Å². The van der Waals surface area contributed by atoms with Gasteiger partial charge in [0, 0.05) is 0 Å². The molecule has 2 heterocycles. The topological polar surface area (TPSA) is 77.0 Å². The molecule has 2 aromatic heterocycles. The van der Waals surface area contributed by atoms with Crippen LogP contribution in [0.4, 0.5) is 10.9 Å². The standard InChI is InChI=1S/C13H10N4O2S/c1-19-12(18)9-6-15-11(7-14-9)17-13-16-8-4-2-3-5-10(8)20-13/h2-7H,1H3,(H,15,16,17). The van der Waals surface area contributed by atoms with Gasteiger partial charge in [-0.1, -0.05) is 23.5 Å². The molecule has 0 aliphatic carbocycles. The summed E-state index contributed by atoms with van der Waals surface area (Å²) in [5.74, 6) is 0.0146. The predicted molar refractivity (Wildman–Crippen MR) is 76.3 cm³/mol. The number of hydrogen-bond acceptors (Lipinski definition) is 7. The van der Waals surface area contributed by atoms with Crippen molar-refractivity contribution in [2.24, 2.45) is 0 Å². The molecule has 0 saturated heterocycles. The minimum Gasteiger partial charge on any atom is -0.464 e. The summed E-state index contributed by atoms with van der Waals surface area (Å²) >= 11 is 1.53. The molecule has 6 nitrogen and oxygen atoms in total. The molecule has 0 bridgehead atoms. The minimum atomic E-state index is -0.510. The number of carbonyl (C=O) groups excluding carboxylic acids is 1. The fraction of sp³-hybridized carbons (Fsp3) is 0.0769. The van der Waals surface area contributed by atoms with E-state index in [2.05, 4.69) is 25.0 Å². The fourth-order valence-corrected chi connectivity index (χ4v) is 2.51. The third-order valence-corrected chi connectivity index (χ3v) is 3.53. The monoisotopic (exact) mass is 286 g/mol. The van der Waals surface area contributed by atoms with E-state index in [4.69, 9.17) is 0 Å². The predicted octanol–water partition coefficient (Wildman–Crippen LogP) is 2.62. The number of hydrogen-bond donors (Lipinski definition) is 1. The Balaban J connectivity index is 1.82. The Morgan fingerprint density at radius 3 is 2.80 bits per heavy atom. The van der Waals surface area contributed by atoms with Crippen molar-refractivity contribution < 1.29 is 9.53 Å². The smallest absolute Gasteiger partial charge is 0.358 e. The molecule has 0 aliphatic rings. The Morgan fingerprint density at radius 2 is 2.10 bits per heavy atom. The second-order valence-electron chi connectivity index (χ2n) is 3.89. The van der Waals surface area contributed by atoms with E-state index in [1.807, 2.05) is 24.3 Å². The molecule has 1 aromatic carbocycles. The van der Waals surface area contributed by atoms with E-state index in [0.717, 1.165) is 15.3 Å². The van der Waals surface area contributed by atoms with Gasteiger partial charge in [0.25, 0.3) is 0 Å². The molecule has 7 heteroatoms. The number of carbonyl (C=O) groups is 1. The van der Waals surface area contributed by atoms with Crippen molar-refractivity contribution in [1.29, 1.82) is 0 Å². The maximum Gasteiger partial charge on any atom is 0.358 e. The lowest BCUT2D eigenvalue weighted by Gasteiger charge is -2.01. The summed E-state index contributed by atoms with van der Waals surface area (Å²) in [6, 6.07) is 7.86. The first-order valence-corrected chi connectivity index (χ1v) is 6.61. The summed E-state index contributed by atoms with van der Waals surface area (Å²) < 4.78 is 5.65. The Morgan fingerprint density at radius 1 is 1.25 bits per heavy atom. The number of ether oxygens (including phenoxy) is 1. The number of rotatable bonds is 3. The Hall–Kier alpha value is -2.54. The van der Waals surface area contributed by atoms with Crippen molar-refractivity contribution in [3.8, 4) is 0 Å². The largest absolute Gasteiger partial charge is 0.464 e. The van der Waals surface area contributed by atoms with E-state index in [0.29, 0.717) is 5.82 Å². The van der Waals surface area contributed by atoms with Crippen molar-refractivity contribution >= 4 is 38.5 Å². The molecule has 0 atom stereocenters. The number of aromatic nitrogens is 3. The van der Waals surface area contributed by atoms with Crippen LogP contribution in [0.2, 0.25) is 0 Å². The fourth-order valence-electron chi connectivity index (χ4n) is 1.64. The molecule has 3 aromatic rings. The van der Waals surface area contributed by atoms with E-state index in [1.165, 1.54) is 30.8 Å². The van der Waals surface area contributed by atoms with Crippen LogP contribution in [0.1, 0.15) is 10.5 Å². The third-order valence-electron chi connectivity index (χ3n) is 2.58. The average molecular weight is 286 g/mol. The van der Waals surface area contributed by atoms with Crippen LogP contribution in [-0.2, 0) is 4.74 Å². The first-order valence-electron chi connectivity index (χ1n) is 5.79. The van der Waals surface area contributed by atoms with Crippen LogP contribution < -0.4 is 5.32 Å². The van der Waals surface area contributed by atoms with Crippen molar-refractivity contribution in [2.45, 2.75) is 0 Å². The van der Waals surface area contributed by atoms with Gasteiger partial charge in [0.1, 0.15) is 0 Å². The first-order chi connectivity index (χ1) is 9.76. The van der Waals surface area contributed by atoms with Crippen LogP contribution in [-0.4, -0.2) is 28.0 Å². The van der Waals surface area contributed by atoms with Gasteiger partial charge in [-0.15, -0.1) is 0 Å². The van der Waals surface area contributed by atoms with Gasteiger partial charge < -0.3 is 10.1 Å². The quantitative estimate of drug-likeness (QED) is 0.746. The maximum atomic E-state index is 11.2. The van der Waals surface area contributed by atoms with Gasteiger partial charge >= 0.3 is 5.97 Å². The van der Waals surface area contributed by atoms with Gasteiger partial charge in [0.2, 0.25) is 0 Å². The second kappa shape index (κ2) is 5.22. The van der Waals surface area contributed by atoms with E-state index >= 15 is 0 Å². The van der Waals surface area contributed by atoms with E-state index in [9.17, 15) is 4.79 Å². The number of fused-ring (bicyclic) bond motifs is 1. The van der Waals surface area contributed by atoms with Crippen LogP contribution in [0.15, 0.2) is 36.7 Å². The number of benzene rings is 1. The summed E-state index contributed by atoms with van der Waals surface area (Å²) in [5, 5.41) is 3.79. The third kappa shape index (κ3) is 2.43. The van der Waals surface area contributed by atoms with Gasteiger partial charge in [0.05, 0.1) is 29.7 Å². The first kappa shape index (κ1) is 12.5. The Bertz CT molecular complexity index is 721. The summed E-state index contributed by atoms with van der Waals surface area (Å²) in [6.45, 7) is 0. The highest BCUT2D eigenvalue weighted by Gasteiger charge is 2.08. The summed E-state index contributed by atoms with van der Waals surface area (Å²) in [7, 11) is 1.30. The SMILES string of the molecule is COC(=O)c1cnc(Nc2nc3ccccc3s2)cn1. The van der Waals surface area contributed by atoms with Gasteiger partial charge in [0.15, 0.2) is 16.6 Å². The molecular weight excluding hydrogens is 276 g/mol. The van der Waals surface area contributed by atoms with E-state index < -0.39 is 5.97 Å². The second-order valence-corrected chi connectivity index (χ2v) is 4.92. The molecule has 0 aliphatic heterocycles. The van der Waals surface area contributed by atoms with Crippen LogP contribution in [0, 0.1) is 0 Å². The lowest BCUT2D eigenvalue weighted by molar-refractivity contribution is 0.0593. The van der Waals surface area contributed by atoms with Crippen molar-refractivity contribution in [3.63, 3.8) is 0 Å². The van der Waals surface area contributed by atoms with Crippen molar-refractivity contribution in [1.82, 2.24) is 15.0 Å². The zero-order valence-electron chi connectivity index (χ0n) is 10.5. The summed E-state index contributed by atoms with van der Waals surface area (Å²) in [5.41, 5.74) is 1.10. The van der Waals surface area contributed by atoms with Gasteiger partial charge in [-0.3, -0.25) is 0 Å². The summed E-state index contributed by atoms with van der Waals surface area (Å²) in [6.07, 6.45) is 2.83. The van der Waals surface area contributed by atoms with Gasteiger partial charge in [-0.05, 0) is 12.1 Å². The van der Waals surface area contributed by atoms with Gasteiger partial charge in [-0.2, -0.15) is 0 Å². The lowest BCUT2D eigenvalue weighted by Crippen LogP contribution is -2.05.